The van der Waals surface area contributed by atoms with Crippen molar-refractivity contribution in [2.24, 2.45) is 0 Å². The molecule has 0 bridgehead atoms. The summed E-state index contributed by atoms with van der Waals surface area (Å²) in [4.78, 5) is 7.89. The number of nitrogens with one attached hydrogen (secondary N) is 1. The smallest absolute Gasteiger partial charge is 0.168 e. The van der Waals surface area contributed by atoms with E-state index in [0.29, 0.717) is 31.2 Å². The first-order valence-corrected chi connectivity index (χ1v) is 4.71. The molecule has 1 aromatic rings. The fourth-order valence-electron chi connectivity index (χ4n) is 1.12. The lowest BCUT2D eigenvalue weighted by Gasteiger charge is -2.10. The number of hydrogen-bond acceptors (Lipinski definition) is 6. The van der Waals surface area contributed by atoms with Gasteiger partial charge in [0, 0.05) is 26.0 Å². The number of ether oxygens (including phenoxy) is 1. The second-order valence-electron chi connectivity index (χ2n) is 3.11. The summed E-state index contributed by atoms with van der Waals surface area (Å²) in [6.45, 7) is 0.908. The predicted molar refractivity (Wildman–Crippen MR) is 57.4 cm³/mol. The summed E-state index contributed by atoms with van der Waals surface area (Å²) in [6.07, 6.45) is 3.19. The third-order valence-corrected chi connectivity index (χ3v) is 1.86. The number of nitrogens with zero attached hydrogens (tertiary/aromatic N) is 2. The first-order chi connectivity index (χ1) is 7.24. The number of aliphatic hydroxyl groups is 1. The minimum atomic E-state index is -0.472. The number of aliphatic hydroxyl groups excluding tert-OH is 1. The molecule has 0 aliphatic heterocycles. The fourth-order valence-corrected chi connectivity index (χ4v) is 1.12. The fraction of sp³-hybridized carbons (Fsp3) is 0.556. The number of aromatic nitrogens is 2. The zero-order chi connectivity index (χ0) is 11.1. The molecule has 4 N–H and O–H groups in total. The lowest BCUT2D eigenvalue weighted by Crippen LogP contribution is -2.19. The molecule has 0 amide bonds. The van der Waals surface area contributed by atoms with Crippen LogP contribution < -0.4 is 11.1 Å². The molecular weight excluding hydrogens is 196 g/mol. The summed E-state index contributed by atoms with van der Waals surface area (Å²) in [6, 6.07) is 0. The van der Waals surface area contributed by atoms with E-state index >= 15 is 0 Å². The molecule has 6 heteroatoms. The number of methoxy groups -OCH3 is 1. The highest BCUT2D eigenvalue weighted by molar-refractivity contribution is 5.54. The van der Waals surface area contributed by atoms with Gasteiger partial charge in [-0.15, -0.1) is 0 Å². The Kier molecular flexibility index (Phi) is 4.79. The maximum atomic E-state index is 9.36. The molecule has 0 aromatic carbocycles. The van der Waals surface area contributed by atoms with Crippen LogP contribution in [0.3, 0.4) is 0 Å². The molecule has 0 spiro atoms. The van der Waals surface area contributed by atoms with Crippen LogP contribution in [0.5, 0.6) is 0 Å². The van der Waals surface area contributed by atoms with E-state index in [1.165, 1.54) is 6.20 Å². The summed E-state index contributed by atoms with van der Waals surface area (Å²) in [5, 5.41) is 12.4. The van der Waals surface area contributed by atoms with Crippen molar-refractivity contribution in [3.8, 4) is 0 Å². The van der Waals surface area contributed by atoms with Crippen LogP contribution in [0.25, 0.3) is 0 Å². The molecule has 0 aliphatic carbocycles. The molecule has 0 fully saturated rings. The highest BCUT2D eigenvalue weighted by atomic mass is 16.5. The van der Waals surface area contributed by atoms with Crippen LogP contribution in [0.1, 0.15) is 6.42 Å². The Balaban J connectivity index is 2.29. The van der Waals surface area contributed by atoms with E-state index in [9.17, 15) is 5.11 Å². The van der Waals surface area contributed by atoms with Gasteiger partial charge in [0.25, 0.3) is 0 Å². The summed E-state index contributed by atoms with van der Waals surface area (Å²) in [5.74, 6) is 0.904. The quantitative estimate of drug-likeness (QED) is 0.608. The van der Waals surface area contributed by atoms with E-state index in [-0.39, 0.29) is 0 Å². The number of anilines is 2. The van der Waals surface area contributed by atoms with Gasteiger partial charge in [0.15, 0.2) is 11.6 Å². The molecule has 1 aromatic heterocycles. The second kappa shape index (κ2) is 6.15. The molecule has 15 heavy (non-hydrogen) atoms. The second-order valence-corrected chi connectivity index (χ2v) is 3.11. The van der Waals surface area contributed by atoms with E-state index in [1.807, 2.05) is 0 Å². The van der Waals surface area contributed by atoms with Gasteiger partial charge in [0.1, 0.15) is 0 Å². The van der Waals surface area contributed by atoms with Crippen molar-refractivity contribution in [2.75, 3.05) is 31.3 Å². The van der Waals surface area contributed by atoms with Crippen LogP contribution in [-0.2, 0) is 4.74 Å². The molecule has 1 atom stereocenters. The normalized spacial score (nSPS) is 12.4. The average Bonchev–Trinajstić information content (AvgIpc) is 2.21. The van der Waals surface area contributed by atoms with Gasteiger partial charge in [-0.2, -0.15) is 0 Å². The van der Waals surface area contributed by atoms with E-state index < -0.39 is 6.10 Å². The zero-order valence-electron chi connectivity index (χ0n) is 8.68. The minimum Gasteiger partial charge on any atom is -0.391 e. The Bertz CT molecular complexity index is 295. The molecule has 0 saturated carbocycles. The van der Waals surface area contributed by atoms with E-state index in [2.05, 4.69) is 15.3 Å². The van der Waals surface area contributed by atoms with Gasteiger partial charge in [0.2, 0.25) is 0 Å². The van der Waals surface area contributed by atoms with Gasteiger partial charge in [-0.25, -0.2) is 9.97 Å². The highest BCUT2D eigenvalue weighted by Crippen LogP contribution is 2.09. The van der Waals surface area contributed by atoms with Gasteiger partial charge in [0.05, 0.1) is 12.7 Å². The van der Waals surface area contributed by atoms with Crippen molar-refractivity contribution in [2.45, 2.75) is 12.5 Å². The lowest BCUT2D eigenvalue weighted by atomic mass is 10.2. The first kappa shape index (κ1) is 11.7. The number of rotatable bonds is 6. The van der Waals surface area contributed by atoms with Gasteiger partial charge < -0.3 is 20.9 Å². The third kappa shape index (κ3) is 4.09. The standard InChI is InChI=1S/C9H16N4O2/c1-15-6-7(14)2-3-12-9-8(10)11-4-5-13-9/h4-5,7,14H,2-3,6H2,1H3,(H2,10,11)(H,12,13). The summed E-state index contributed by atoms with van der Waals surface area (Å²) in [7, 11) is 1.55. The first-order valence-electron chi connectivity index (χ1n) is 4.71. The van der Waals surface area contributed by atoms with Crippen LogP contribution in [-0.4, -0.2) is 41.4 Å². The number of nitrogen functional groups attached to an aromatic ring is 1. The van der Waals surface area contributed by atoms with Crippen molar-refractivity contribution < 1.29 is 9.84 Å². The van der Waals surface area contributed by atoms with Gasteiger partial charge >= 0.3 is 0 Å². The summed E-state index contributed by atoms with van der Waals surface area (Å²) >= 11 is 0. The van der Waals surface area contributed by atoms with Gasteiger partial charge in [-0.1, -0.05) is 0 Å². The maximum Gasteiger partial charge on any atom is 0.168 e. The number of nitrogens with two attached hydrogens (primary N) is 1. The predicted octanol–water partition coefficient (Wildman–Crippen LogP) is -0.132. The molecule has 84 valence electrons. The Hall–Kier alpha value is -1.40. The van der Waals surface area contributed by atoms with E-state index in [1.54, 1.807) is 13.3 Å². The van der Waals surface area contributed by atoms with Gasteiger partial charge in [-0.3, -0.25) is 0 Å². The monoisotopic (exact) mass is 212 g/mol. The Morgan fingerprint density at radius 3 is 2.93 bits per heavy atom. The van der Waals surface area contributed by atoms with Crippen molar-refractivity contribution in [3.63, 3.8) is 0 Å². The molecule has 1 rings (SSSR count). The molecule has 1 unspecified atom stereocenters. The molecule has 1 heterocycles. The highest BCUT2D eigenvalue weighted by Gasteiger charge is 2.04. The zero-order valence-corrected chi connectivity index (χ0v) is 8.68. The van der Waals surface area contributed by atoms with Gasteiger partial charge in [-0.05, 0) is 6.42 Å². The molecule has 0 aliphatic rings. The summed E-state index contributed by atoms with van der Waals surface area (Å²) < 4.78 is 4.80. The van der Waals surface area contributed by atoms with Crippen LogP contribution in [0.15, 0.2) is 12.4 Å². The maximum absolute atomic E-state index is 9.36. The van der Waals surface area contributed by atoms with E-state index in [4.69, 9.17) is 10.5 Å². The summed E-state index contributed by atoms with van der Waals surface area (Å²) in [5.41, 5.74) is 5.57. The Morgan fingerprint density at radius 2 is 2.27 bits per heavy atom. The SMILES string of the molecule is COCC(O)CCNc1nccnc1N. The van der Waals surface area contributed by atoms with E-state index in [0.717, 1.165) is 0 Å². The average molecular weight is 212 g/mol. The van der Waals surface area contributed by atoms with Crippen LogP contribution in [0.2, 0.25) is 0 Å². The number of hydrogen-bond donors (Lipinski definition) is 3. The van der Waals surface area contributed by atoms with Crippen LogP contribution in [0, 0.1) is 0 Å². The third-order valence-electron chi connectivity index (χ3n) is 1.86. The Labute approximate surface area is 88.5 Å². The van der Waals surface area contributed by atoms with Crippen molar-refractivity contribution in [3.05, 3.63) is 12.4 Å². The Morgan fingerprint density at radius 1 is 1.53 bits per heavy atom. The minimum absolute atomic E-state index is 0.331. The van der Waals surface area contributed by atoms with Crippen molar-refractivity contribution in [1.29, 1.82) is 0 Å². The topological polar surface area (TPSA) is 93.3 Å². The van der Waals surface area contributed by atoms with Crippen molar-refractivity contribution >= 4 is 11.6 Å². The lowest BCUT2D eigenvalue weighted by molar-refractivity contribution is 0.0615. The molecule has 0 radical (unpaired) electrons. The molecule has 0 saturated heterocycles. The largest absolute Gasteiger partial charge is 0.391 e. The van der Waals surface area contributed by atoms with Crippen LogP contribution in [0.4, 0.5) is 11.6 Å². The molecule has 6 nitrogen and oxygen atoms in total. The van der Waals surface area contributed by atoms with Crippen molar-refractivity contribution in [1.82, 2.24) is 9.97 Å². The van der Waals surface area contributed by atoms with Crippen LogP contribution >= 0.6 is 0 Å². The molecular formula is C9H16N4O2.